The summed E-state index contributed by atoms with van der Waals surface area (Å²) in [7, 11) is 0. The van der Waals surface area contributed by atoms with Crippen molar-refractivity contribution >= 4 is 11.5 Å². The van der Waals surface area contributed by atoms with Gasteiger partial charge in [0.05, 0.1) is 11.5 Å². The van der Waals surface area contributed by atoms with Crippen molar-refractivity contribution in [1.29, 1.82) is 0 Å². The number of nitro groups is 1. The number of aryl methyl sites for hydroxylation is 1. The third-order valence-corrected chi connectivity index (χ3v) is 5.07. The Labute approximate surface area is 168 Å². The number of fused-ring (bicyclic) bond motifs is 1. The first-order valence-corrected chi connectivity index (χ1v) is 9.35. The van der Waals surface area contributed by atoms with E-state index in [1.807, 2.05) is 60.4 Å². The molecule has 0 N–H and O–H groups in total. The number of carbonyl (C=O) groups excluding carboxylic acids is 1. The number of rotatable bonds is 5. The zero-order valence-electron chi connectivity index (χ0n) is 15.9. The summed E-state index contributed by atoms with van der Waals surface area (Å²) in [5.41, 5.74) is 3.21. The summed E-state index contributed by atoms with van der Waals surface area (Å²) >= 11 is 0. The number of nitro benzene ring substituents is 1. The van der Waals surface area contributed by atoms with E-state index in [2.05, 4.69) is 0 Å². The predicted molar refractivity (Wildman–Crippen MR) is 109 cm³/mol. The topological polar surface area (TPSA) is 72.7 Å². The lowest BCUT2D eigenvalue weighted by molar-refractivity contribution is -0.385. The third kappa shape index (κ3) is 3.88. The van der Waals surface area contributed by atoms with Crippen LogP contribution in [0.1, 0.15) is 33.3 Å². The van der Waals surface area contributed by atoms with Crippen molar-refractivity contribution in [2.75, 3.05) is 6.54 Å². The molecule has 0 amide bonds. The van der Waals surface area contributed by atoms with Gasteiger partial charge in [-0.15, -0.1) is 0 Å². The number of non-ortho nitro benzene ring substituents is 1. The Kier molecular flexibility index (Phi) is 5.10. The average Bonchev–Trinajstić information content (AvgIpc) is 2.73. The first kappa shape index (κ1) is 18.8. The van der Waals surface area contributed by atoms with Gasteiger partial charge in [-0.1, -0.05) is 54.6 Å². The van der Waals surface area contributed by atoms with Gasteiger partial charge in [0, 0.05) is 35.4 Å². The number of carbonyl (C=O) groups is 1. The minimum atomic E-state index is -0.585. The monoisotopic (exact) mass is 388 g/mol. The molecule has 146 valence electrons. The minimum Gasteiger partial charge on any atom is -0.471 e. The predicted octanol–water partition coefficient (Wildman–Crippen LogP) is 4.68. The van der Waals surface area contributed by atoms with Gasteiger partial charge < -0.3 is 4.74 Å². The van der Waals surface area contributed by atoms with Gasteiger partial charge in [0.2, 0.25) is 0 Å². The molecule has 1 heterocycles. The van der Waals surface area contributed by atoms with Crippen molar-refractivity contribution in [3.63, 3.8) is 0 Å². The average molecular weight is 388 g/mol. The lowest BCUT2D eigenvalue weighted by atomic mass is 10.0. The summed E-state index contributed by atoms with van der Waals surface area (Å²) in [6.07, 6.45) is -0.585. The number of para-hydroxylation sites is 1. The van der Waals surface area contributed by atoms with Gasteiger partial charge in [0.15, 0.2) is 12.0 Å². The van der Waals surface area contributed by atoms with Gasteiger partial charge in [-0.3, -0.25) is 19.8 Å². The smallest absolute Gasteiger partial charge is 0.269 e. The molecule has 3 aromatic carbocycles. The lowest BCUT2D eigenvalue weighted by Crippen LogP contribution is -2.39. The fourth-order valence-electron chi connectivity index (χ4n) is 3.61. The zero-order valence-corrected chi connectivity index (χ0v) is 15.9. The summed E-state index contributed by atoms with van der Waals surface area (Å²) in [5.74, 6) is 0.713. The number of ketones is 1. The van der Waals surface area contributed by atoms with Crippen LogP contribution in [0.2, 0.25) is 0 Å². The van der Waals surface area contributed by atoms with E-state index in [0.29, 0.717) is 17.7 Å². The van der Waals surface area contributed by atoms with Gasteiger partial charge in [-0.05, 0) is 18.6 Å². The highest BCUT2D eigenvalue weighted by molar-refractivity contribution is 5.98. The molecule has 0 radical (unpaired) electrons. The molecule has 0 spiro atoms. The number of nitrogens with zero attached hydrogens (tertiary/aromatic N) is 2. The van der Waals surface area contributed by atoms with Gasteiger partial charge >= 0.3 is 0 Å². The third-order valence-electron chi connectivity index (χ3n) is 5.07. The molecule has 6 nitrogen and oxygen atoms in total. The van der Waals surface area contributed by atoms with E-state index in [0.717, 1.165) is 16.9 Å². The Morgan fingerprint density at radius 2 is 1.86 bits per heavy atom. The number of Topliss-reactive ketones (excluding diaryl/α,β-unsaturated/α-hetero) is 1. The van der Waals surface area contributed by atoms with E-state index < -0.39 is 11.2 Å². The fourth-order valence-corrected chi connectivity index (χ4v) is 3.61. The molecule has 1 aliphatic rings. The van der Waals surface area contributed by atoms with Crippen LogP contribution in [0.25, 0.3) is 0 Å². The van der Waals surface area contributed by atoms with E-state index in [9.17, 15) is 14.9 Å². The Bertz CT molecular complexity index is 1080. The minimum absolute atomic E-state index is 0.00450. The molecule has 6 heteroatoms. The van der Waals surface area contributed by atoms with Gasteiger partial charge in [-0.2, -0.15) is 0 Å². The first-order valence-electron chi connectivity index (χ1n) is 9.35. The Hall–Kier alpha value is -3.51. The maximum atomic E-state index is 13.0. The van der Waals surface area contributed by atoms with Crippen LogP contribution in [0, 0.1) is 17.0 Å². The van der Waals surface area contributed by atoms with Crippen molar-refractivity contribution in [2.24, 2.45) is 0 Å². The highest BCUT2D eigenvalue weighted by atomic mass is 16.6. The van der Waals surface area contributed by atoms with Gasteiger partial charge in [0.25, 0.3) is 5.69 Å². The van der Waals surface area contributed by atoms with Crippen molar-refractivity contribution in [3.8, 4) is 5.75 Å². The quantitative estimate of drug-likeness (QED) is 0.360. The summed E-state index contributed by atoms with van der Waals surface area (Å²) in [4.78, 5) is 25.7. The number of hydrogen-bond acceptors (Lipinski definition) is 5. The molecule has 1 atom stereocenters. The summed E-state index contributed by atoms with van der Waals surface area (Å²) in [5, 5.41) is 11.2. The van der Waals surface area contributed by atoms with Crippen LogP contribution in [-0.2, 0) is 6.54 Å². The second kappa shape index (κ2) is 7.85. The van der Waals surface area contributed by atoms with E-state index in [4.69, 9.17) is 4.74 Å². The van der Waals surface area contributed by atoms with E-state index in [1.54, 1.807) is 12.1 Å². The second-order valence-corrected chi connectivity index (χ2v) is 7.07. The Morgan fingerprint density at radius 1 is 1.10 bits per heavy atom. The number of benzene rings is 3. The van der Waals surface area contributed by atoms with Crippen molar-refractivity contribution in [2.45, 2.75) is 19.7 Å². The maximum Gasteiger partial charge on any atom is 0.269 e. The Morgan fingerprint density at radius 3 is 2.66 bits per heavy atom. The Balaban J connectivity index is 1.69. The maximum absolute atomic E-state index is 13.0. The summed E-state index contributed by atoms with van der Waals surface area (Å²) in [6, 6.07) is 21.5. The van der Waals surface area contributed by atoms with Crippen LogP contribution in [0.4, 0.5) is 5.69 Å². The molecule has 4 rings (SSSR count). The van der Waals surface area contributed by atoms with Crippen LogP contribution >= 0.6 is 0 Å². The molecular formula is C23H20N2O4. The van der Waals surface area contributed by atoms with Crippen molar-refractivity contribution < 1.29 is 14.5 Å². The zero-order chi connectivity index (χ0) is 20.4. The highest BCUT2D eigenvalue weighted by Gasteiger charge is 2.31. The lowest BCUT2D eigenvalue weighted by Gasteiger charge is -2.36. The summed E-state index contributed by atoms with van der Waals surface area (Å²) in [6.45, 7) is 2.57. The molecular weight excluding hydrogens is 368 g/mol. The molecule has 0 fully saturated rings. The highest BCUT2D eigenvalue weighted by Crippen LogP contribution is 2.36. The van der Waals surface area contributed by atoms with Crippen molar-refractivity contribution in [3.05, 3.63) is 105 Å². The molecule has 0 aliphatic carbocycles. The molecule has 0 bridgehead atoms. The van der Waals surface area contributed by atoms with Crippen LogP contribution in [0.3, 0.4) is 0 Å². The van der Waals surface area contributed by atoms with Crippen LogP contribution < -0.4 is 4.74 Å². The largest absolute Gasteiger partial charge is 0.471 e. The molecule has 1 aliphatic heterocycles. The molecule has 3 aromatic rings. The van der Waals surface area contributed by atoms with Gasteiger partial charge in [-0.25, -0.2) is 0 Å². The molecule has 0 aromatic heterocycles. The summed E-state index contributed by atoms with van der Waals surface area (Å²) < 4.78 is 6.18. The molecule has 0 saturated heterocycles. The van der Waals surface area contributed by atoms with Crippen LogP contribution in [0.5, 0.6) is 5.75 Å². The number of ether oxygens (including phenoxy) is 1. The fraction of sp³-hybridized carbons (Fsp3) is 0.174. The number of hydrogen-bond donors (Lipinski definition) is 0. The van der Waals surface area contributed by atoms with E-state index in [-0.39, 0.29) is 18.0 Å². The molecule has 29 heavy (non-hydrogen) atoms. The van der Waals surface area contributed by atoms with Crippen LogP contribution in [-0.4, -0.2) is 22.2 Å². The second-order valence-electron chi connectivity index (χ2n) is 7.07. The standard InChI is InChI=1S/C23H20N2O4/c1-16-7-2-4-11-20(16)21(26)15-24-14-18-8-3-5-12-22(18)29-23(24)17-9-6-10-19(13-17)25(27)28/h2-13,23H,14-15H2,1H3. The SMILES string of the molecule is Cc1ccccc1C(=O)CN1Cc2ccccc2OC1c1cccc([N+](=O)[O-])c1. The first-order chi connectivity index (χ1) is 14.0. The van der Waals surface area contributed by atoms with Crippen LogP contribution in [0.15, 0.2) is 72.8 Å². The molecule has 1 unspecified atom stereocenters. The van der Waals surface area contributed by atoms with Gasteiger partial charge in [0.1, 0.15) is 5.75 Å². The van der Waals surface area contributed by atoms with Crippen molar-refractivity contribution in [1.82, 2.24) is 4.90 Å². The van der Waals surface area contributed by atoms with E-state index in [1.165, 1.54) is 12.1 Å². The van der Waals surface area contributed by atoms with E-state index >= 15 is 0 Å². The normalized spacial score (nSPS) is 16.0. The molecule has 0 saturated carbocycles.